The fourth-order valence-corrected chi connectivity index (χ4v) is 2.75. The number of hydrogen-bond acceptors (Lipinski definition) is 4. The van der Waals surface area contributed by atoms with Crippen molar-refractivity contribution in [3.63, 3.8) is 0 Å². The Morgan fingerprint density at radius 2 is 1.74 bits per heavy atom. The van der Waals surface area contributed by atoms with Gasteiger partial charge in [-0.05, 0) is 56.2 Å². The second kappa shape index (κ2) is 7.86. The highest BCUT2D eigenvalue weighted by atomic mass is 16.5. The average molecular weight is 363 g/mol. The molecule has 1 aromatic heterocycles. The van der Waals surface area contributed by atoms with Crippen LogP contribution in [0.15, 0.2) is 59.5 Å². The smallest absolute Gasteiger partial charge is 0.280 e. The van der Waals surface area contributed by atoms with Gasteiger partial charge in [-0.3, -0.25) is 9.59 Å². The van der Waals surface area contributed by atoms with Crippen LogP contribution in [0.1, 0.15) is 28.5 Å². The van der Waals surface area contributed by atoms with E-state index in [1.54, 1.807) is 0 Å². The van der Waals surface area contributed by atoms with Crippen molar-refractivity contribution in [3.8, 4) is 11.4 Å². The lowest BCUT2D eigenvalue weighted by Crippen LogP contribution is -2.26. The van der Waals surface area contributed by atoms with Gasteiger partial charge in [-0.25, -0.2) is 4.68 Å². The van der Waals surface area contributed by atoms with Crippen molar-refractivity contribution in [3.05, 3.63) is 81.8 Å². The van der Waals surface area contributed by atoms with Crippen molar-refractivity contribution in [1.82, 2.24) is 9.78 Å². The molecule has 1 heterocycles. The number of aryl methyl sites for hydroxylation is 2. The number of anilines is 1. The molecule has 27 heavy (non-hydrogen) atoms. The van der Waals surface area contributed by atoms with Crippen molar-refractivity contribution in [2.24, 2.45) is 0 Å². The van der Waals surface area contributed by atoms with E-state index < -0.39 is 11.3 Å². The normalized spacial score (nSPS) is 10.5. The summed E-state index contributed by atoms with van der Waals surface area (Å²) in [4.78, 5) is 24.8. The number of carbonyl (C=O) groups excluding carboxylic acids is 1. The predicted octanol–water partition coefficient (Wildman–Crippen LogP) is 3.50. The van der Waals surface area contributed by atoms with Crippen molar-refractivity contribution >= 4 is 11.6 Å². The zero-order valence-electron chi connectivity index (χ0n) is 15.5. The molecule has 6 nitrogen and oxygen atoms in total. The lowest BCUT2D eigenvalue weighted by Gasteiger charge is -2.12. The highest BCUT2D eigenvalue weighted by molar-refractivity contribution is 6.03. The van der Waals surface area contributed by atoms with Crippen LogP contribution in [-0.4, -0.2) is 22.3 Å². The molecular formula is C21H21N3O3. The van der Waals surface area contributed by atoms with Gasteiger partial charge >= 0.3 is 0 Å². The zero-order valence-corrected chi connectivity index (χ0v) is 15.5. The Labute approximate surface area is 157 Å². The number of hydrogen-bond donors (Lipinski definition) is 1. The molecule has 0 bridgehead atoms. The van der Waals surface area contributed by atoms with Gasteiger partial charge in [0.2, 0.25) is 5.43 Å². The molecule has 0 aliphatic rings. The van der Waals surface area contributed by atoms with Crippen LogP contribution in [-0.2, 0) is 0 Å². The maximum atomic E-state index is 12.7. The molecule has 0 fully saturated rings. The Morgan fingerprint density at radius 1 is 1.07 bits per heavy atom. The molecule has 1 N–H and O–H groups in total. The molecule has 0 unspecified atom stereocenters. The Hall–Kier alpha value is -3.41. The predicted molar refractivity (Wildman–Crippen MR) is 105 cm³/mol. The summed E-state index contributed by atoms with van der Waals surface area (Å²) in [6.45, 7) is 6.30. The standard InChI is InChI=1S/C21H21N3O3/c1-4-27-17-10-8-16(9-11-17)24-13-12-18(25)20(23-24)21(26)22-19-14(2)6-5-7-15(19)3/h5-13H,4H2,1-3H3,(H,22,26). The summed E-state index contributed by atoms with van der Waals surface area (Å²) in [5.74, 6) is 0.216. The number of ether oxygens (including phenoxy) is 1. The van der Waals surface area contributed by atoms with Gasteiger partial charge in [-0.15, -0.1) is 0 Å². The number of carbonyl (C=O) groups is 1. The number of nitrogens with one attached hydrogen (secondary N) is 1. The number of para-hydroxylation sites is 1. The molecule has 0 aliphatic carbocycles. The largest absolute Gasteiger partial charge is 0.494 e. The first kappa shape index (κ1) is 18.4. The molecule has 2 aromatic carbocycles. The van der Waals surface area contributed by atoms with Gasteiger partial charge < -0.3 is 10.1 Å². The fourth-order valence-electron chi connectivity index (χ4n) is 2.75. The zero-order chi connectivity index (χ0) is 19.4. The number of benzene rings is 2. The SMILES string of the molecule is CCOc1ccc(-n2ccc(=O)c(C(=O)Nc3c(C)cccc3C)n2)cc1. The molecule has 0 saturated heterocycles. The lowest BCUT2D eigenvalue weighted by atomic mass is 10.1. The quantitative estimate of drug-likeness (QED) is 0.753. The lowest BCUT2D eigenvalue weighted by molar-refractivity contribution is 0.101. The van der Waals surface area contributed by atoms with Crippen molar-refractivity contribution in [2.45, 2.75) is 20.8 Å². The number of nitrogens with zero attached hydrogens (tertiary/aromatic N) is 2. The molecule has 0 radical (unpaired) electrons. The van der Waals surface area contributed by atoms with Gasteiger partial charge in [-0.1, -0.05) is 18.2 Å². The Kier molecular flexibility index (Phi) is 5.35. The minimum Gasteiger partial charge on any atom is -0.494 e. The van der Waals surface area contributed by atoms with Crippen LogP contribution in [0.2, 0.25) is 0 Å². The fraction of sp³-hybridized carbons (Fsp3) is 0.190. The van der Waals surface area contributed by atoms with Crippen LogP contribution in [0, 0.1) is 13.8 Å². The van der Waals surface area contributed by atoms with Gasteiger partial charge in [0.15, 0.2) is 5.69 Å². The minimum atomic E-state index is -0.530. The maximum absolute atomic E-state index is 12.7. The summed E-state index contributed by atoms with van der Waals surface area (Å²) in [6.07, 6.45) is 1.54. The third-order valence-electron chi connectivity index (χ3n) is 4.16. The molecule has 6 heteroatoms. The molecule has 0 atom stereocenters. The summed E-state index contributed by atoms with van der Waals surface area (Å²) < 4.78 is 6.92. The molecule has 1 amide bonds. The second-order valence-corrected chi connectivity index (χ2v) is 6.12. The third-order valence-corrected chi connectivity index (χ3v) is 4.16. The first-order chi connectivity index (χ1) is 13.0. The first-order valence-corrected chi connectivity index (χ1v) is 8.70. The van der Waals surface area contributed by atoms with Gasteiger partial charge in [0.25, 0.3) is 5.91 Å². The van der Waals surface area contributed by atoms with Crippen LogP contribution in [0.4, 0.5) is 5.69 Å². The monoisotopic (exact) mass is 363 g/mol. The van der Waals surface area contributed by atoms with E-state index in [0.29, 0.717) is 12.3 Å². The summed E-state index contributed by atoms with van der Waals surface area (Å²) >= 11 is 0. The van der Waals surface area contributed by atoms with Crippen molar-refractivity contribution < 1.29 is 9.53 Å². The van der Waals surface area contributed by atoms with Crippen LogP contribution in [0.3, 0.4) is 0 Å². The van der Waals surface area contributed by atoms with Crippen LogP contribution in [0.25, 0.3) is 5.69 Å². The summed E-state index contributed by atoms with van der Waals surface area (Å²) in [5, 5.41) is 7.03. The third kappa shape index (κ3) is 4.06. The van der Waals surface area contributed by atoms with E-state index in [-0.39, 0.29) is 5.69 Å². The van der Waals surface area contributed by atoms with E-state index in [9.17, 15) is 9.59 Å². The van der Waals surface area contributed by atoms with Crippen LogP contribution in [0.5, 0.6) is 5.75 Å². The van der Waals surface area contributed by atoms with Crippen LogP contribution < -0.4 is 15.5 Å². The number of amides is 1. The molecule has 0 saturated carbocycles. The average Bonchev–Trinajstić information content (AvgIpc) is 2.66. The van der Waals surface area contributed by atoms with E-state index in [2.05, 4.69) is 10.4 Å². The summed E-state index contributed by atoms with van der Waals surface area (Å²) in [5.41, 5.74) is 2.67. The first-order valence-electron chi connectivity index (χ1n) is 8.70. The maximum Gasteiger partial charge on any atom is 0.280 e. The molecule has 3 rings (SSSR count). The molecule has 138 valence electrons. The highest BCUT2D eigenvalue weighted by Gasteiger charge is 2.15. The van der Waals surface area contributed by atoms with E-state index in [0.717, 1.165) is 22.6 Å². The van der Waals surface area contributed by atoms with Crippen molar-refractivity contribution in [2.75, 3.05) is 11.9 Å². The topological polar surface area (TPSA) is 73.2 Å². The minimum absolute atomic E-state index is 0.158. The molecular weight excluding hydrogens is 342 g/mol. The van der Waals surface area contributed by atoms with E-state index in [1.165, 1.54) is 16.9 Å². The molecule has 0 aliphatic heterocycles. The summed E-state index contributed by atoms with van der Waals surface area (Å²) in [6, 6.07) is 14.3. The van der Waals surface area contributed by atoms with E-state index in [1.807, 2.05) is 63.2 Å². The van der Waals surface area contributed by atoms with E-state index in [4.69, 9.17) is 4.74 Å². The van der Waals surface area contributed by atoms with Gasteiger partial charge in [-0.2, -0.15) is 5.10 Å². The molecule has 3 aromatic rings. The van der Waals surface area contributed by atoms with Gasteiger partial charge in [0.1, 0.15) is 5.75 Å². The number of rotatable bonds is 5. The number of aromatic nitrogens is 2. The molecule has 0 spiro atoms. The van der Waals surface area contributed by atoms with Crippen molar-refractivity contribution in [1.29, 1.82) is 0 Å². The van der Waals surface area contributed by atoms with Gasteiger partial charge in [0.05, 0.1) is 12.3 Å². The second-order valence-electron chi connectivity index (χ2n) is 6.12. The van der Waals surface area contributed by atoms with Gasteiger partial charge in [0, 0.05) is 18.0 Å². The highest BCUT2D eigenvalue weighted by Crippen LogP contribution is 2.20. The Balaban J connectivity index is 1.91. The Morgan fingerprint density at radius 3 is 2.37 bits per heavy atom. The summed E-state index contributed by atoms with van der Waals surface area (Å²) in [7, 11) is 0. The Bertz CT molecular complexity index is 1000. The van der Waals surface area contributed by atoms with E-state index >= 15 is 0 Å². The van der Waals surface area contributed by atoms with Crippen LogP contribution >= 0.6 is 0 Å².